The number of amides is 1. The Balaban J connectivity index is 1.49. The van der Waals surface area contributed by atoms with Crippen LogP contribution in [0.4, 0.5) is 13.2 Å². The first-order valence-electron chi connectivity index (χ1n) is 8.38. The highest BCUT2D eigenvalue weighted by atomic mass is 32.2. The van der Waals surface area contributed by atoms with E-state index in [-0.39, 0.29) is 24.7 Å². The lowest BCUT2D eigenvalue weighted by atomic mass is 10.1. The van der Waals surface area contributed by atoms with Gasteiger partial charge in [0.25, 0.3) is 0 Å². The van der Waals surface area contributed by atoms with Crippen LogP contribution in [0, 0.1) is 0 Å². The molecule has 10 heteroatoms. The lowest BCUT2D eigenvalue weighted by Crippen LogP contribution is -2.23. The van der Waals surface area contributed by atoms with E-state index in [0.29, 0.717) is 26.2 Å². The molecule has 146 valence electrons. The SMILES string of the molecule is O=C(CCCCCC(COCC1CO1)OCC1CO1)NSC(F)(F)F. The van der Waals surface area contributed by atoms with Crippen molar-refractivity contribution in [3.63, 3.8) is 0 Å². The fraction of sp³-hybridized carbons (Fsp3) is 0.933. The Hall–Kier alpha value is -0.550. The number of unbranched alkanes of at least 4 members (excludes halogenated alkanes) is 2. The first-order chi connectivity index (χ1) is 11.9. The molecule has 0 aromatic rings. The number of alkyl halides is 3. The maximum absolute atomic E-state index is 11.9. The second-order valence-electron chi connectivity index (χ2n) is 6.08. The minimum absolute atomic E-state index is 0.0439. The van der Waals surface area contributed by atoms with Gasteiger partial charge in [0.1, 0.15) is 12.2 Å². The van der Waals surface area contributed by atoms with Gasteiger partial charge < -0.3 is 18.9 Å². The number of nitrogens with one attached hydrogen (secondary N) is 1. The van der Waals surface area contributed by atoms with Crippen molar-refractivity contribution in [2.24, 2.45) is 0 Å². The second-order valence-corrected chi connectivity index (χ2v) is 6.95. The molecule has 6 nitrogen and oxygen atoms in total. The highest BCUT2D eigenvalue weighted by Gasteiger charge is 2.29. The standard InChI is InChI=1S/C15H24F3NO5S/c16-15(17,18)25-19-14(20)5-3-1-2-4-11(22-9-13-10-24-13)6-21-7-12-8-23-12/h11-13H,1-10H2,(H,19,20). The van der Waals surface area contributed by atoms with Gasteiger partial charge in [-0.15, -0.1) is 0 Å². The molecule has 1 N–H and O–H groups in total. The lowest BCUT2D eigenvalue weighted by molar-refractivity contribution is -0.119. The van der Waals surface area contributed by atoms with Crippen LogP contribution in [0.3, 0.4) is 0 Å². The molecule has 2 saturated heterocycles. The van der Waals surface area contributed by atoms with E-state index >= 15 is 0 Å². The summed E-state index contributed by atoms with van der Waals surface area (Å²) >= 11 is -0.516. The molecule has 2 rings (SSSR count). The van der Waals surface area contributed by atoms with E-state index in [1.165, 1.54) is 0 Å². The first kappa shape index (κ1) is 20.8. The molecule has 0 aliphatic carbocycles. The molecular formula is C15H24F3NO5S. The quantitative estimate of drug-likeness (QED) is 0.280. The first-order valence-corrected chi connectivity index (χ1v) is 9.20. The summed E-state index contributed by atoms with van der Waals surface area (Å²) in [4.78, 5) is 11.3. The van der Waals surface area contributed by atoms with Gasteiger partial charge in [0.05, 0.1) is 51.1 Å². The molecule has 2 heterocycles. The molecule has 0 aromatic heterocycles. The Morgan fingerprint density at radius 1 is 1.16 bits per heavy atom. The lowest BCUT2D eigenvalue weighted by Gasteiger charge is -2.17. The van der Waals surface area contributed by atoms with Gasteiger partial charge in [0.2, 0.25) is 5.91 Å². The summed E-state index contributed by atoms with van der Waals surface area (Å²) in [6.45, 7) is 3.07. The Morgan fingerprint density at radius 3 is 2.48 bits per heavy atom. The molecule has 0 saturated carbocycles. The Kier molecular flexibility index (Phi) is 8.77. The van der Waals surface area contributed by atoms with E-state index in [4.69, 9.17) is 18.9 Å². The van der Waals surface area contributed by atoms with Crippen LogP contribution in [-0.2, 0) is 23.7 Å². The summed E-state index contributed by atoms with van der Waals surface area (Å²) in [5.41, 5.74) is -4.45. The van der Waals surface area contributed by atoms with Gasteiger partial charge in [-0.1, -0.05) is 12.8 Å². The second kappa shape index (κ2) is 10.6. The molecule has 0 bridgehead atoms. The van der Waals surface area contributed by atoms with E-state index in [1.54, 1.807) is 4.72 Å². The predicted octanol–water partition coefficient (Wildman–Crippen LogP) is 2.42. The summed E-state index contributed by atoms with van der Waals surface area (Å²) in [5, 5.41) is 0. The van der Waals surface area contributed by atoms with Crippen molar-refractivity contribution in [2.45, 2.75) is 55.9 Å². The summed E-state index contributed by atoms with van der Waals surface area (Å²) in [6, 6.07) is 0. The number of epoxide rings is 2. The average molecular weight is 387 g/mol. The van der Waals surface area contributed by atoms with Crippen molar-refractivity contribution < 1.29 is 36.9 Å². The van der Waals surface area contributed by atoms with Crippen LogP contribution in [0.5, 0.6) is 0 Å². The molecular weight excluding hydrogens is 363 g/mol. The number of carbonyl (C=O) groups is 1. The van der Waals surface area contributed by atoms with Crippen LogP contribution in [0.25, 0.3) is 0 Å². The van der Waals surface area contributed by atoms with Gasteiger partial charge >= 0.3 is 5.51 Å². The maximum atomic E-state index is 11.9. The number of hydrogen-bond donors (Lipinski definition) is 1. The fourth-order valence-electron chi connectivity index (χ4n) is 2.12. The summed E-state index contributed by atoms with van der Waals surface area (Å²) in [6.07, 6.45) is 3.31. The molecule has 0 radical (unpaired) electrons. The molecule has 3 atom stereocenters. The summed E-state index contributed by atoms with van der Waals surface area (Å²) in [5.74, 6) is -0.603. The number of hydrogen-bond acceptors (Lipinski definition) is 6. The Labute approximate surface area is 149 Å². The van der Waals surface area contributed by atoms with E-state index in [0.717, 1.165) is 32.5 Å². The Morgan fingerprint density at radius 2 is 1.84 bits per heavy atom. The predicted molar refractivity (Wildman–Crippen MR) is 84.9 cm³/mol. The molecule has 2 aliphatic heterocycles. The van der Waals surface area contributed by atoms with Crippen LogP contribution in [0.15, 0.2) is 0 Å². The summed E-state index contributed by atoms with van der Waals surface area (Å²) < 4.78 is 59.2. The highest BCUT2D eigenvalue weighted by Crippen LogP contribution is 2.27. The number of rotatable bonds is 14. The Bertz CT molecular complexity index is 405. The topological polar surface area (TPSA) is 72.6 Å². The van der Waals surface area contributed by atoms with Crippen molar-refractivity contribution in [1.29, 1.82) is 0 Å². The third-order valence-electron chi connectivity index (χ3n) is 3.64. The van der Waals surface area contributed by atoms with Crippen LogP contribution >= 0.6 is 11.9 Å². The molecule has 0 spiro atoms. The highest BCUT2D eigenvalue weighted by molar-refractivity contribution is 7.98. The van der Waals surface area contributed by atoms with Gasteiger partial charge in [-0.2, -0.15) is 13.2 Å². The van der Waals surface area contributed by atoms with E-state index < -0.39 is 23.4 Å². The van der Waals surface area contributed by atoms with E-state index in [9.17, 15) is 18.0 Å². The van der Waals surface area contributed by atoms with Crippen molar-refractivity contribution in [1.82, 2.24) is 4.72 Å². The molecule has 2 fully saturated rings. The minimum atomic E-state index is -4.45. The maximum Gasteiger partial charge on any atom is 0.461 e. The molecule has 0 aromatic carbocycles. The monoisotopic (exact) mass is 387 g/mol. The zero-order valence-corrected chi connectivity index (χ0v) is 14.7. The van der Waals surface area contributed by atoms with Crippen molar-refractivity contribution in [3.05, 3.63) is 0 Å². The minimum Gasteiger partial charge on any atom is -0.376 e. The number of halogens is 3. The zero-order valence-electron chi connectivity index (χ0n) is 13.9. The molecule has 25 heavy (non-hydrogen) atoms. The molecule has 2 aliphatic rings. The van der Waals surface area contributed by atoms with Crippen LogP contribution in [-0.4, -0.2) is 62.8 Å². The van der Waals surface area contributed by atoms with Crippen LogP contribution in [0.1, 0.15) is 32.1 Å². The third kappa shape index (κ3) is 11.6. The van der Waals surface area contributed by atoms with E-state index in [1.807, 2.05) is 0 Å². The van der Waals surface area contributed by atoms with Gasteiger partial charge in [-0.05, 0) is 12.8 Å². The van der Waals surface area contributed by atoms with Gasteiger partial charge in [0, 0.05) is 6.42 Å². The number of carbonyl (C=O) groups excluding carboxylic acids is 1. The van der Waals surface area contributed by atoms with Crippen molar-refractivity contribution >= 4 is 17.9 Å². The molecule has 3 unspecified atom stereocenters. The van der Waals surface area contributed by atoms with Gasteiger partial charge in [-0.3, -0.25) is 9.52 Å². The van der Waals surface area contributed by atoms with Gasteiger partial charge in [0.15, 0.2) is 0 Å². The molecule has 1 amide bonds. The van der Waals surface area contributed by atoms with Crippen molar-refractivity contribution in [2.75, 3.05) is 33.0 Å². The largest absolute Gasteiger partial charge is 0.461 e. The smallest absolute Gasteiger partial charge is 0.376 e. The summed E-state index contributed by atoms with van der Waals surface area (Å²) in [7, 11) is 0. The third-order valence-corrected chi connectivity index (χ3v) is 4.20. The van der Waals surface area contributed by atoms with Crippen LogP contribution < -0.4 is 4.72 Å². The normalized spacial score (nSPS) is 23.3. The van der Waals surface area contributed by atoms with Crippen molar-refractivity contribution in [3.8, 4) is 0 Å². The fourth-order valence-corrected chi connectivity index (χ4v) is 2.45. The number of ether oxygens (including phenoxy) is 4. The zero-order chi connectivity index (χ0) is 18.1. The van der Waals surface area contributed by atoms with E-state index in [2.05, 4.69) is 0 Å². The van der Waals surface area contributed by atoms with Crippen LogP contribution in [0.2, 0.25) is 0 Å². The average Bonchev–Trinajstić information content (AvgIpc) is 3.43. The van der Waals surface area contributed by atoms with Gasteiger partial charge in [-0.25, -0.2) is 0 Å².